The van der Waals surface area contributed by atoms with Crippen molar-refractivity contribution in [3.05, 3.63) is 39.4 Å². The summed E-state index contributed by atoms with van der Waals surface area (Å²) in [7, 11) is 0. The molecular formula is C11H10N2O4. The number of benzene rings is 1. The van der Waals surface area contributed by atoms with Gasteiger partial charge in [0.25, 0.3) is 5.69 Å². The summed E-state index contributed by atoms with van der Waals surface area (Å²) in [6.45, 7) is 0.316. The first-order chi connectivity index (χ1) is 8.07. The van der Waals surface area contributed by atoms with E-state index in [-0.39, 0.29) is 16.8 Å². The SMILES string of the molecule is NCCC#Cc1c(C(=O)O)cccc1[N+](=O)[O-]. The first-order valence-corrected chi connectivity index (χ1v) is 4.77. The van der Waals surface area contributed by atoms with E-state index in [2.05, 4.69) is 11.8 Å². The van der Waals surface area contributed by atoms with Crippen molar-refractivity contribution in [2.24, 2.45) is 5.73 Å². The fourth-order valence-electron chi connectivity index (χ4n) is 1.22. The lowest BCUT2D eigenvalue weighted by molar-refractivity contribution is -0.385. The van der Waals surface area contributed by atoms with E-state index in [4.69, 9.17) is 10.8 Å². The van der Waals surface area contributed by atoms with Gasteiger partial charge in [0.2, 0.25) is 0 Å². The van der Waals surface area contributed by atoms with Crippen LogP contribution in [0.3, 0.4) is 0 Å². The molecule has 1 aromatic carbocycles. The molecule has 0 spiro atoms. The van der Waals surface area contributed by atoms with Crippen LogP contribution in [0.1, 0.15) is 22.3 Å². The van der Waals surface area contributed by atoms with Gasteiger partial charge >= 0.3 is 5.97 Å². The van der Waals surface area contributed by atoms with Gasteiger partial charge in [0.15, 0.2) is 0 Å². The Morgan fingerprint density at radius 3 is 2.76 bits per heavy atom. The molecule has 0 radical (unpaired) electrons. The molecule has 88 valence electrons. The molecule has 0 saturated carbocycles. The van der Waals surface area contributed by atoms with Gasteiger partial charge in [-0.25, -0.2) is 4.79 Å². The molecule has 0 aliphatic carbocycles. The van der Waals surface area contributed by atoms with E-state index in [9.17, 15) is 14.9 Å². The largest absolute Gasteiger partial charge is 0.478 e. The van der Waals surface area contributed by atoms with Crippen LogP contribution in [-0.4, -0.2) is 22.5 Å². The van der Waals surface area contributed by atoms with Gasteiger partial charge in [0.05, 0.1) is 10.5 Å². The van der Waals surface area contributed by atoms with Gasteiger partial charge in [-0.2, -0.15) is 0 Å². The number of hydrogen-bond acceptors (Lipinski definition) is 4. The van der Waals surface area contributed by atoms with Gasteiger partial charge < -0.3 is 10.8 Å². The van der Waals surface area contributed by atoms with E-state index in [0.717, 1.165) is 0 Å². The summed E-state index contributed by atoms with van der Waals surface area (Å²) in [6, 6.07) is 3.82. The number of nitrogens with two attached hydrogens (primary N) is 1. The van der Waals surface area contributed by atoms with Gasteiger partial charge in [0, 0.05) is 19.0 Å². The molecule has 0 aliphatic rings. The van der Waals surface area contributed by atoms with Crippen LogP contribution >= 0.6 is 0 Å². The van der Waals surface area contributed by atoms with E-state index < -0.39 is 10.9 Å². The molecule has 0 atom stereocenters. The van der Waals surface area contributed by atoms with Crippen LogP contribution in [0.25, 0.3) is 0 Å². The lowest BCUT2D eigenvalue weighted by Gasteiger charge is -2.00. The number of carboxylic acid groups (broad SMARTS) is 1. The van der Waals surface area contributed by atoms with Crippen molar-refractivity contribution in [1.29, 1.82) is 0 Å². The van der Waals surface area contributed by atoms with Crippen LogP contribution < -0.4 is 5.73 Å². The highest BCUT2D eigenvalue weighted by molar-refractivity contribution is 5.92. The monoisotopic (exact) mass is 234 g/mol. The number of nitrogens with zero attached hydrogens (tertiary/aromatic N) is 1. The van der Waals surface area contributed by atoms with E-state index in [1.807, 2.05) is 0 Å². The fourth-order valence-corrected chi connectivity index (χ4v) is 1.22. The van der Waals surface area contributed by atoms with Crippen LogP contribution in [0.5, 0.6) is 0 Å². The standard InChI is InChI=1S/C11H10N2O4/c12-7-2-1-4-8-9(11(14)15)5-3-6-10(8)13(16)17/h3,5-6H,2,7,12H2,(H,14,15). The third-order valence-electron chi connectivity index (χ3n) is 1.95. The Bertz CT molecular complexity index is 482. The molecule has 3 N–H and O–H groups in total. The second-order valence-corrected chi connectivity index (χ2v) is 3.10. The molecule has 0 fully saturated rings. The van der Waals surface area contributed by atoms with Gasteiger partial charge in [0.1, 0.15) is 5.56 Å². The molecule has 0 bridgehead atoms. The summed E-state index contributed by atoms with van der Waals surface area (Å²) in [5, 5.41) is 19.7. The van der Waals surface area contributed by atoms with E-state index in [1.54, 1.807) is 0 Å². The zero-order valence-electron chi connectivity index (χ0n) is 8.84. The Kier molecular flexibility index (Phi) is 4.20. The number of rotatable bonds is 3. The van der Waals surface area contributed by atoms with Gasteiger partial charge in [-0.15, -0.1) is 0 Å². The normalized spacial score (nSPS) is 9.24. The maximum Gasteiger partial charge on any atom is 0.337 e. The minimum Gasteiger partial charge on any atom is -0.478 e. The van der Waals surface area contributed by atoms with Crippen molar-refractivity contribution in [2.75, 3.05) is 6.54 Å². The zero-order chi connectivity index (χ0) is 12.8. The zero-order valence-corrected chi connectivity index (χ0v) is 8.84. The molecule has 0 aromatic heterocycles. The van der Waals surface area contributed by atoms with Crippen LogP contribution in [0.15, 0.2) is 18.2 Å². The van der Waals surface area contributed by atoms with Crippen molar-refractivity contribution in [2.45, 2.75) is 6.42 Å². The molecule has 0 unspecified atom stereocenters. The molecular weight excluding hydrogens is 224 g/mol. The van der Waals surface area contributed by atoms with Crippen LogP contribution in [0.2, 0.25) is 0 Å². The van der Waals surface area contributed by atoms with E-state index in [1.165, 1.54) is 18.2 Å². The average molecular weight is 234 g/mol. The predicted octanol–water partition coefficient (Wildman–Crippen LogP) is 0.993. The summed E-state index contributed by atoms with van der Waals surface area (Å²) >= 11 is 0. The van der Waals surface area contributed by atoms with Gasteiger partial charge in [-0.05, 0) is 6.07 Å². The topological polar surface area (TPSA) is 106 Å². The van der Waals surface area contributed by atoms with Crippen molar-refractivity contribution < 1.29 is 14.8 Å². The number of nitro groups is 1. The maximum absolute atomic E-state index is 10.9. The van der Waals surface area contributed by atoms with Crippen molar-refractivity contribution in [3.8, 4) is 11.8 Å². The Labute approximate surface area is 97.2 Å². The first-order valence-electron chi connectivity index (χ1n) is 4.77. The van der Waals surface area contributed by atoms with Crippen molar-refractivity contribution in [3.63, 3.8) is 0 Å². The fraction of sp³-hybridized carbons (Fsp3) is 0.182. The van der Waals surface area contributed by atoms with Gasteiger partial charge in [-0.3, -0.25) is 10.1 Å². The summed E-state index contributed by atoms with van der Waals surface area (Å²) in [6.07, 6.45) is 0.352. The molecule has 1 aromatic rings. The van der Waals surface area contributed by atoms with Crippen LogP contribution in [-0.2, 0) is 0 Å². The van der Waals surface area contributed by atoms with Crippen LogP contribution in [0, 0.1) is 22.0 Å². The molecule has 0 saturated heterocycles. The smallest absolute Gasteiger partial charge is 0.337 e. The molecule has 6 heteroatoms. The summed E-state index contributed by atoms with van der Waals surface area (Å²) in [5.41, 5.74) is 4.66. The number of nitro benzene ring substituents is 1. The highest BCUT2D eigenvalue weighted by Crippen LogP contribution is 2.21. The molecule has 1 rings (SSSR count). The molecule has 17 heavy (non-hydrogen) atoms. The summed E-state index contributed by atoms with van der Waals surface area (Å²) in [5.74, 6) is 3.85. The number of hydrogen-bond donors (Lipinski definition) is 2. The molecule has 0 aliphatic heterocycles. The van der Waals surface area contributed by atoms with E-state index >= 15 is 0 Å². The highest BCUT2D eigenvalue weighted by Gasteiger charge is 2.19. The lowest BCUT2D eigenvalue weighted by atomic mass is 10.1. The Hall–Kier alpha value is -2.39. The number of carboxylic acids is 1. The second kappa shape index (κ2) is 5.63. The first kappa shape index (κ1) is 12.7. The number of aromatic carboxylic acids is 1. The summed E-state index contributed by atoms with van der Waals surface area (Å²) < 4.78 is 0. The Morgan fingerprint density at radius 1 is 1.53 bits per heavy atom. The Morgan fingerprint density at radius 2 is 2.24 bits per heavy atom. The van der Waals surface area contributed by atoms with Crippen LogP contribution in [0.4, 0.5) is 5.69 Å². The lowest BCUT2D eigenvalue weighted by Crippen LogP contribution is -2.03. The van der Waals surface area contributed by atoms with Crippen molar-refractivity contribution >= 4 is 11.7 Å². The minimum absolute atomic E-state index is 0.0848. The Balaban J connectivity index is 3.35. The molecule has 6 nitrogen and oxygen atoms in total. The second-order valence-electron chi connectivity index (χ2n) is 3.10. The van der Waals surface area contributed by atoms with E-state index in [0.29, 0.717) is 13.0 Å². The summed E-state index contributed by atoms with van der Waals surface area (Å²) in [4.78, 5) is 21.0. The van der Waals surface area contributed by atoms with Crippen molar-refractivity contribution in [1.82, 2.24) is 0 Å². The predicted molar refractivity (Wildman–Crippen MR) is 60.6 cm³/mol. The third-order valence-corrected chi connectivity index (χ3v) is 1.95. The minimum atomic E-state index is -1.24. The quantitative estimate of drug-likeness (QED) is 0.460. The highest BCUT2D eigenvalue weighted by atomic mass is 16.6. The molecule has 0 heterocycles. The van der Waals surface area contributed by atoms with Gasteiger partial charge in [-0.1, -0.05) is 17.9 Å². The third kappa shape index (κ3) is 3.03. The maximum atomic E-state index is 10.9. The number of carbonyl (C=O) groups is 1. The molecule has 0 amide bonds. The average Bonchev–Trinajstić information content (AvgIpc) is 2.28.